The maximum Gasteiger partial charge on any atom is 0.141 e. The van der Waals surface area contributed by atoms with E-state index in [-0.39, 0.29) is 5.02 Å². The summed E-state index contributed by atoms with van der Waals surface area (Å²) in [5, 5.41) is 0.136. The number of halogens is 2. The molecule has 0 atom stereocenters. The van der Waals surface area contributed by atoms with E-state index in [2.05, 4.69) is 30.1 Å². The molecular formula is C22H25ClFN. The van der Waals surface area contributed by atoms with Crippen LogP contribution in [-0.2, 0) is 6.42 Å². The first-order valence-electron chi connectivity index (χ1n) is 9.19. The largest absolute Gasteiger partial charge is 0.256 e. The first kappa shape index (κ1) is 18.1. The van der Waals surface area contributed by atoms with Crippen molar-refractivity contribution in [2.24, 2.45) is 11.8 Å². The Morgan fingerprint density at radius 2 is 1.96 bits per heavy atom. The highest BCUT2D eigenvalue weighted by Gasteiger charge is 2.19. The van der Waals surface area contributed by atoms with Gasteiger partial charge in [-0.1, -0.05) is 29.8 Å². The molecule has 0 unspecified atom stereocenters. The van der Waals surface area contributed by atoms with Gasteiger partial charge in [0, 0.05) is 11.8 Å². The minimum absolute atomic E-state index is 0.136. The Kier molecular flexibility index (Phi) is 6.25. The van der Waals surface area contributed by atoms with Crippen LogP contribution in [0.2, 0.25) is 5.02 Å². The molecule has 0 N–H and O–H groups in total. The number of pyridine rings is 1. The molecule has 1 heterocycles. The normalized spacial score (nSPS) is 20.9. The Balaban J connectivity index is 1.54. The van der Waals surface area contributed by atoms with Gasteiger partial charge in [0.1, 0.15) is 5.82 Å². The SMILES string of the molecule is C/C=C/C1CCC(CCc2ccc(-c3ccc(F)c(Cl)c3)nc2)CC1. The lowest BCUT2D eigenvalue weighted by Crippen LogP contribution is -2.13. The molecule has 1 nitrogen and oxygen atoms in total. The van der Waals surface area contributed by atoms with Crippen LogP contribution < -0.4 is 0 Å². The van der Waals surface area contributed by atoms with Crippen molar-refractivity contribution in [3.05, 3.63) is 65.1 Å². The summed E-state index contributed by atoms with van der Waals surface area (Å²) >= 11 is 5.85. The number of allylic oxidation sites excluding steroid dienone is 2. The third kappa shape index (κ3) is 4.92. The zero-order valence-corrected chi connectivity index (χ0v) is 15.5. The van der Waals surface area contributed by atoms with E-state index in [1.807, 2.05) is 12.3 Å². The second-order valence-electron chi connectivity index (χ2n) is 7.03. The molecular weight excluding hydrogens is 333 g/mol. The lowest BCUT2D eigenvalue weighted by molar-refractivity contribution is 0.296. The zero-order chi connectivity index (χ0) is 17.6. The summed E-state index contributed by atoms with van der Waals surface area (Å²) in [6, 6.07) is 8.86. The molecule has 1 aromatic heterocycles. The number of aryl methyl sites for hydroxylation is 1. The topological polar surface area (TPSA) is 12.9 Å². The average molecular weight is 358 g/mol. The summed E-state index contributed by atoms with van der Waals surface area (Å²) in [7, 11) is 0. The van der Waals surface area contributed by atoms with Crippen LogP contribution in [0.3, 0.4) is 0 Å². The van der Waals surface area contributed by atoms with E-state index in [0.29, 0.717) is 0 Å². The molecule has 2 aromatic rings. The molecule has 0 amide bonds. The minimum atomic E-state index is -0.397. The molecule has 1 aromatic carbocycles. The van der Waals surface area contributed by atoms with Crippen molar-refractivity contribution >= 4 is 11.6 Å². The van der Waals surface area contributed by atoms with Gasteiger partial charge in [-0.15, -0.1) is 0 Å². The summed E-state index contributed by atoms with van der Waals surface area (Å²) in [6.07, 6.45) is 14.2. The second-order valence-corrected chi connectivity index (χ2v) is 7.43. The van der Waals surface area contributed by atoms with Gasteiger partial charge >= 0.3 is 0 Å². The van der Waals surface area contributed by atoms with Gasteiger partial charge in [-0.2, -0.15) is 0 Å². The maximum absolute atomic E-state index is 13.3. The average Bonchev–Trinajstić information content (AvgIpc) is 2.64. The summed E-state index contributed by atoms with van der Waals surface area (Å²) < 4.78 is 13.3. The Bertz CT molecular complexity index is 715. The fraction of sp³-hybridized carbons (Fsp3) is 0.409. The number of rotatable bonds is 5. The molecule has 1 fully saturated rings. The van der Waals surface area contributed by atoms with Gasteiger partial charge in [0.2, 0.25) is 0 Å². The summed E-state index contributed by atoms with van der Waals surface area (Å²) in [4.78, 5) is 4.53. The monoisotopic (exact) mass is 357 g/mol. The Morgan fingerprint density at radius 3 is 2.60 bits per heavy atom. The highest BCUT2D eigenvalue weighted by atomic mass is 35.5. The Morgan fingerprint density at radius 1 is 1.16 bits per heavy atom. The summed E-state index contributed by atoms with van der Waals surface area (Å²) in [5.74, 6) is 1.24. The predicted molar refractivity (Wildman–Crippen MR) is 103 cm³/mol. The molecule has 1 aliphatic rings. The van der Waals surface area contributed by atoms with E-state index in [1.54, 1.807) is 12.1 Å². The van der Waals surface area contributed by atoms with E-state index in [4.69, 9.17) is 11.6 Å². The molecule has 1 aliphatic carbocycles. The van der Waals surface area contributed by atoms with Crippen LogP contribution in [0.25, 0.3) is 11.3 Å². The molecule has 0 radical (unpaired) electrons. The van der Waals surface area contributed by atoms with Crippen LogP contribution in [0.1, 0.15) is 44.6 Å². The highest BCUT2D eigenvalue weighted by molar-refractivity contribution is 6.31. The van der Waals surface area contributed by atoms with Crippen LogP contribution in [0, 0.1) is 17.7 Å². The summed E-state index contributed by atoms with van der Waals surface area (Å²) in [5.41, 5.74) is 2.95. The number of nitrogens with zero attached hydrogens (tertiary/aromatic N) is 1. The molecule has 0 saturated heterocycles. The standard InChI is InChI=1S/C22H25ClFN/c1-2-3-16-4-6-17(7-5-16)8-9-18-10-13-22(25-15-18)19-11-12-21(24)20(23)14-19/h2-3,10-17H,4-9H2,1H3/b3-2+. The lowest BCUT2D eigenvalue weighted by atomic mass is 9.79. The number of benzene rings is 1. The predicted octanol–water partition coefficient (Wildman–Crippen LogP) is 6.86. The molecule has 0 aliphatic heterocycles. The molecule has 132 valence electrons. The van der Waals surface area contributed by atoms with Crippen molar-refractivity contribution in [3.8, 4) is 11.3 Å². The molecule has 3 heteroatoms. The number of hydrogen-bond acceptors (Lipinski definition) is 1. The molecule has 0 bridgehead atoms. The number of hydrogen-bond donors (Lipinski definition) is 0. The third-order valence-electron chi connectivity index (χ3n) is 5.24. The Hall–Kier alpha value is -1.67. The third-order valence-corrected chi connectivity index (χ3v) is 5.53. The Labute approximate surface area is 154 Å². The fourth-order valence-electron chi connectivity index (χ4n) is 3.71. The quantitative estimate of drug-likeness (QED) is 0.533. The maximum atomic E-state index is 13.3. The van der Waals surface area contributed by atoms with Gasteiger partial charge < -0.3 is 0 Å². The van der Waals surface area contributed by atoms with Crippen molar-refractivity contribution < 1.29 is 4.39 Å². The van der Waals surface area contributed by atoms with Crippen molar-refractivity contribution in [3.63, 3.8) is 0 Å². The second kappa shape index (κ2) is 8.62. The number of aromatic nitrogens is 1. The highest BCUT2D eigenvalue weighted by Crippen LogP contribution is 2.32. The van der Waals surface area contributed by atoms with Crippen molar-refractivity contribution in [1.29, 1.82) is 0 Å². The van der Waals surface area contributed by atoms with Gasteiger partial charge in [0.25, 0.3) is 0 Å². The van der Waals surface area contributed by atoms with E-state index in [9.17, 15) is 4.39 Å². The van der Waals surface area contributed by atoms with Crippen LogP contribution in [0.4, 0.5) is 4.39 Å². The molecule has 25 heavy (non-hydrogen) atoms. The lowest BCUT2D eigenvalue weighted by Gasteiger charge is -2.26. The van der Waals surface area contributed by atoms with Gasteiger partial charge in [0.05, 0.1) is 10.7 Å². The van der Waals surface area contributed by atoms with E-state index in [0.717, 1.165) is 29.5 Å². The van der Waals surface area contributed by atoms with Gasteiger partial charge in [-0.3, -0.25) is 4.98 Å². The van der Waals surface area contributed by atoms with Crippen LogP contribution in [-0.4, -0.2) is 4.98 Å². The fourth-order valence-corrected chi connectivity index (χ4v) is 3.89. The van der Waals surface area contributed by atoms with Gasteiger partial charge in [-0.05, 0) is 87.1 Å². The van der Waals surface area contributed by atoms with Crippen LogP contribution in [0.5, 0.6) is 0 Å². The van der Waals surface area contributed by atoms with Crippen LogP contribution in [0.15, 0.2) is 48.7 Å². The molecule has 1 saturated carbocycles. The van der Waals surface area contributed by atoms with Crippen molar-refractivity contribution in [1.82, 2.24) is 4.98 Å². The van der Waals surface area contributed by atoms with E-state index >= 15 is 0 Å². The zero-order valence-electron chi connectivity index (χ0n) is 14.7. The first-order valence-corrected chi connectivity index (χ1v) is 9.56. The van der Waals surface area contributed by atoms with Crippen molar-refractivity contribution in [2.45, 2.75) is 45.4 Å². The molecule has 0 spiro atoms. The van der Waals surface area contributed by atoms with E-state index in [1.165, 1.54) is 43.7 Å². The van der Waals surface area contributed by atoms with Gasteiger partial charge in [-0.25, -0.2) is 4.39 Å². The van der Waals surface area contributed by atoms with Crippen LogP contribution >= 0.6 is 11.6 Å². The van der Waals surface area contributed by atoms with Gasteiger partial charge in [0.15, 0.2) is 0 Å². The minimum Gasteiger partial charge on any atom is -0.256 e. The molecule has 3 rings (SSSR count). The van der Waals surface area contributed by atoms with E-state index < -0.39 is 5.82 Å². The summed E-state index contributed by atoms with van der Waals surface area (Å²) in [6.45, 7) is 2.11. The van der Waals surface area contributed by atoms with Crippen molar-refractivity contribution in [2.75, 3.05) is 0 Å². The first-order chi connectivity index (χ1) is 12.2. The smallest absolute Gasteiger partial charge is 0.141 e.